The number of aromatic nitrogens is 2. The Kier molecular flexibility index (Phi) is 7.43. The molecule has 7 nitrogen and oxygen atoms in total. The number of nitrogens with one attached hydrogen (secondary N) is 1. The second-order valence-corrected chi connectivity index (χ2v) is 7.40. The van der Waals surface area contributed by atoms with Crippen molar-refractivity contribution in [3.63, 3.8) is 0 Å². The lowest BCUT2D eigenvalue weighted by Gasteiger charge is -2.08. The smallest absolute Gasteiger partial charge is 0.363 e. The summed E-state index contributed by atoms with van der Waals surface area (Å²) in [4.78, 5) is 24.4. The van der Waals surface area contributed by atoms with Gasteiger partial charge in [0.1, 0.15) is 0 Å². The second kappa shape index (κ2) is 10.4. The Morgan fingerprint density at radius 2 is 1.77 bits per heavy atom. The average molecular weight is 421 g/mol. The first-order chi connectivity index (χ1) is 15.0. The number of methoxy groups -OCH3 is 1. The molecule has 7 heteroatoms. The van der Waals surface area contributed by atoms with Gasteiger partial charge in [0.05, 0.1) is 19.0 Å². The Labute approximate surface area is 182 Å². The van der Waals surface area contributed by atoms with Crippen molar-refractivity contribution in [3.05, 3.63) is 77.6 Å². The number of nitrogens with zero attached hydrogens (tertiary/aromatic N) is 2. The highest BCUT2D eigenvalue weighted by Gasteiger charge is 2.20. The zero-order chi connectivity index (χ0) is 22.2. The predicted molar refractivity (Wildman–Crippen MR) is 118 cm³/mol. The van der Waals surface area contributed by atoms with Crippen molar-refractivity contribution in [3.8, 4) is 11.4 Å². The highest BCUT2D eigenvalue weighted by Crippen LogP contribution is 2.20. The minimum absolute atomic E-state index is 0.0180. The van der Waals surface area contributed by atoms with E-state index in [1.54, 1.807) is 6.20 Å². The lowest BCUT2D eigenvalue weighted by atomic mass is 10.0. The van der Waals surface area contributed by atoms with Crippen molar-refractivity contribution in [1.82, 2.24) is 15.1 Å². The van der Waals surface area contributed by atoms with Crippen LogP contribution in [0.4, 0.5) is 0 Å². The highest BCUT2D eigenvalue weighted by molar-refractivity contribution is 5.92. The van der Waals surface area contributed by atoms with Crippen LogP contribution in [0.2, 0.25) is 0 Å². The first-order valence-electron chi connectivity index (χ1n) is 10.2. The Morgan fingerprint density at radius 3 is 2.42 bits per heavy atom. The van der Waals surface area contributed by atoms with Gasteiger partial charge in [-0.2, -0.15) is 5.10 Å². The van der Waals surface area contributed by atoms with Gasteiger partial charge in [-0.1, -0.05) is 56.3 Å². The van der Waals surface area contributed by atoms with Crippen LogP contribution in [0.3, 0.4) is 0 Å². The number of carbonyl (C=O) groups excluding carboxylic acids is 2. The predicted octanol–water partition coefficient (Wildman–Crippen LogP) is 3.52. The summed E-state index contributed by atoms with van der Waals surface area (Å²) in [5.41, 5.74) is 3.21. The minimum atomic E-state index is -0.717. The molecule has 0 bridgehead atoms. The fraction of sp³-hybridized carbons (Fsp3) is 0.292. The van der Waals surface area contributed by atoms with Gasteiger partial charge >= 0.3 is 5.97 Å². The van der Waals surface area contributed by atoms with Crippen LogP contribution < -0.4 is 10.1 Å². The number of ether oxygens (including phenoxy) is 2. The monoisotopic (exact) mass is 421 g/mol. The molecule has 1 N–H and O–H groups in total. The van der Waals surface area contributed by atoms with E-state index in [0.29, 0.717) is 18.9 Å². The molecule has 0 spiro atoms. The van der Waals surface area contributed by atoms with Crippen LogP contribution in [-0.2, 0) is 16.0 Å². The van der Waals surface area contributed by atoms with E-state index < -0.39 is 5.97 Å². The lowest BCUT2D eigenvalue weighted by Crippen LogP contribution is -2.30. The van der Waals surface area contributed by atoms with Gasteiger partial charge in [-0.15, -0.1) is 0 Å². The van der Waals surface area contributed by atoms with Crippen molar-refractivity contribution < 1.29 is 19.1 Å². The number of carbonyl (C=O) groups is 2. The SMILES string of the molecule is COc1cn(-c2ccccc2)nc1C(=O)OCC(=O)NCCc1ccc(C(C)C)cc1. The molecule has 0 unspecified atom stereocenters. The van der Waals surface area contributed by atoms with E-state index in [1.165, 1.54) is 17.4 Å². The van der Waals surface area contributed by atoms with Crippen molar-refractivity contribution in [1.29, 1.82) is 0 Å². The van der Waals surface area contributed by atoms with Crippen LogP contribution in [0.1, 0.15) is 41.4 Å². The van der Waals surface area contributed by atoms with Gasteiger partial charge in [-0.05, 0) is 35.6 Å². The van der Waals surface area contributed by atoms with E-state index in [0.717, 1.165) is 11.3 Å². The number of esters is 1. The van der Waals surface area contributed by atoms with Gasteiger partial charge in [0.15, 0.2) is 12.4 Å². The topological polar surface area (TPSA) is 82.5 Å². The van der Waals surface area contributed by atoms with Crippen LogP contribution in [0, 0.1) is 0 Å². The third kappa shape index (κ3) is 5.94. The molecule has 1 heterocycles. The number of amides is 1. The average Bonchev–Trinajstić information content (AvgIpc) is 3.23. The molecule has 1 amide bonds. The summed E-state index contributed by atoms with van der Waals surface area (Å²) in [6.45, 7) is 4.38. The molecule has 0 saturated heterocycles. The van der Waals surface area contributed by atoms with Crippen molar-refractivity contribution in [2.24, 2.45) is 0 Å². The van der Waals surface area contributed by atoms with Gasteiger partial charge in [0.25, 0.3) is 5.91 Å². The summed E-state index contributed by atoms with van der Waals surface area (Å²) in [5, 5.41) is 7.00. The highest BCUT2D eigenvalue weighted by atomic mass is 16.5. The van der Waals surface area contributed by atoms with Crippen LogP contribution in [-0.4, -0.2) is 41.9 Å². The van der Waals surface area contributed by atoms with Gasteiger partial charge < -0.3 is 14.8 Å². The van der Waals surface area contributed by atoms with Gasteiger partial charge in [0, 0.05) is 6.54 Å². The number of para-hydroxylation sites is 1. The maximum atomic E-state index is 12.4. The summed E-state index contributed by atoms with van der Waals surface area (Å²) in [6, 6.07) is 17.7. The summed E-state index contributed by atoms with van der Waals surface area (Å²) >= 11 is 0. The number of hydrogen-bond donors (Lipinski definition) is 1. The van der Waals surface area contributed by atoms with E-state index in [-0.39, 0.29) is 24.0 Å². The molecule has 0 aliphatic heterocycles. The molecule has 31 heavy (non-hydrogen) atoms. The number of benzene rings is 2. The zero-order valence-corrected chi connectivity index (χ0v) is 18.0. The third-order valence-corrected chi connectivity index (χ3v) is 4.83. The number of rotatable bonds is 9. The summed E-state index contributed by atoms with van der Waals surface area (Å²) in [7, 11) is 1.45. The van der Waals surface area contributed by atoms with E-state index in [4.69, 9.17) is 9.47 Å². The van der Waals surface area contributed by atoms with Crippen LogP contribution in [0.25, 0.3) is 5.69 Å². The largest absolute Gasteiger partial charge is 0.493 e. The fourth-order valence-corrected chi connectivity index (χ4v) is 3.03. The van der Waals surface area contributed by atoms with Gasteiger partial charge in [-0.3, -0.25) is 4.79 Å². The van der Waals surface area contributed by atoms with Crippen molar-refractivity contribution in [2.75, 3.05) is 20.3 Å². The fourth-order valence-electron chi connectivity index (χ4n) is 3.03. The Hall–Kier alpha value is -3.61. The molecule has 0 aliphatic rings. The van der Waals surface area contributed by atoms with E-state index >= 15 is 0 Å². The maximum Gasteiger partial charge on any atom is 0.363 e. The molecule has 0 saturated carbocycles. The maximum absolute atomic E-state index is 12.4. The van der Waals surface area contributed by atoms with Gasteiger partial charge in [0.2, 0.25) is 5.69 Å². The van der Waals surface area contributed by atoms with Crippen LogP contribution >= 0.6 is 0 Å². The van der Waals surface area contributed by atoms with E-state index in [2.05, 4.69) is 48.5 Å². The van der Waals surface area contributed by atoms with Crippen LogP contribution in [0.15, 0.2) is 60.8 Å². The number of hydrogen-bond acceptors (Lipinski definition) is 5. The third-order valence-electron chi connectivity index (χ3n) is 4.83. The van der Waals surface area contributed by atoms with E-state index in [9.17, 15) is 9.59 Å². The zero-order valence-electron chi connectivity index (χ0n) is 18.0. The summed E-state index contributed by atoms with van der Waals surface area (Å²) < 4.78 is 11.9. The molecule has 0 radical (unpaired) electrons. The minimum Gasteiger partial charge on any atom is -0.493 e. The Balaban J connectivity index is 1.49. The van der Waals surface area contributed by atoms with Gasteiger partial charge in [-0.25, -0.2) is 9.48 Å². The molecule has 1 aromatic heterocycles. The molecule has 0 aliphatic carbocycles. The Morgan fingerprint density at radius 1 is 1.06 bits per heavy atom. The molecule has 0 fully saturated rings. The molecular weight excluding hydrogens is 394 g/mol. The molecule has 2 aromatic carbocycles. The molecule has 0 atom stereocenters. The molecular formula is C24H27N3O4. The van der Waals surface area contributed by atoms with Crippen LogP contribution in [0.5, 0.6) is 5.75 Å². The standard InChI is InChI=1S/C24H27N3O4/c1-17(2)19-11-9-18(10-12-19)13-14-25-22(28)16-31-24(29)23-21(30-3)15-27(26-23)20-7-5-4-6-8-20/h4-12,15,17H,13-14,16H2,1-3H3,(H,25,28). The first-order valence-corrected chi connectivity index (χ1v) is 10.2. The van der Waals surface area contributed by atoms with Crippen molar-refractivity contribution in [2.45, 2.75) is 26.2 Å². The Bertz CT molecular complexity index is 1010. The molecule has 3 aromatic rings. The second-order valence-electron chi connectivity index (χ2n) is 7.40. The quantitative estimate of drug-likeness (QED) is 0.535. The van der Waals surface area contributed by atoms with Crippen molar-refractivity contribution >= 4 is 11.9 Å². The molecule has 162 valence electrons. The van der Waals surface area contributed by atoms with E-state index in [1.807, 2.05) is 30.3 Å². The summed E-state index contributed by atoms with van der Waals surface area (Å²) in [6.07, 6.45) is 2.30. The normalized spacial score (nSPS) is 10.7. The molecule has 3 rings (SSSR count). The lowest BCUT2D eigenvalue weighted by molar-refractivity contribution is -0.124. The first kappa shape index (κ1) is 22.1. The summed E-state index contributed by atoms with van der Waals surface area (Å²) in [5.74, 6) is -0.320.